The Bertz CT molecular complexity index is 729. The highest BCUT2D eigenvalue weighted by atomic mass is 32.2. The molecule has 0 aliphatic carbocycles. The van der Waals surface area contributed by atoms with Gasteiger partial charge < -0.3 is 4.42 Å². The molecule has 7 nitrogen and oxygen atoms in total. The van der Waals surface area contributed by atoms with E-state index in [2.05, 4.69) is 4.72 Å². The van der Waals surface area contributed by atoms with Crippen molar-refractivity contribution < 1.29 is 17.8 Å². The van der Waals surface area contributed by atoms with E-state index >= 15 is 0 Å². The Morgan fingerprint density at radius 3 is 2.77 bits per heavy atom. The Labute approximate surface area is 131 Å². The average Bonchev–Trinajstić information content (AvgIpc) is 3.00. The molecule has 1 aromatic heterocycles. The van der Waals surface area contributed by atoms with Crippen molar-refractivity contribution >= 4 is 27.5 Å². The molecule has 0 bridgehead atoms. The molecule has 1 aromatic carbocycles. The van der Waals surface area contributed by atoms with Gasteiger partial charge in [-0.1, -0.05) is 6.07 Å². The number of nitro benzene ring substituents is 1. The molecule has 0 aliphatic heterocycles. The predicted molar refractivity (Wildman–Crippen MR) is 83.2 cm³/mol. The van der Waals surface area contributed by atoms with Crippen LogP contribution in [0.25, 0.3) is 0 Å². The highest BCUT2D eigenvalue weighted by Crippen LogP contribution is 2.17. The molecule has 0 amide bonds. The molecule has 2 aromatic rings. The maximum absolute atomic E-state index is 12.0. The number of hydrogen-bond acceptors (Lipinski definition) is 6. The van der Waals surface area contributed by atoms with Crippen LogP contribution in [0.1, 0.15) is 5.76 Å². The number of furan rings is 1. The maximum Gasteiger partial charge on any atom is 0.270 e. The van der Waals surface area contributed by atoms with Gasteiger partial charge in [0, 0.05) is 24.4 Å². The lowest BCUT2D eigenvalue weighted by Gasteiger charge is -2.06. The van der Waals surface area contributed by atoms with Crippen molar-refractivity contribution in [3.8, 4) is 0 Å². The van der Waals surface area contributed by atoms with Crippen LogP contribution >= 0.6 is 11.8 Å². The minimum absolute atomic E-state index is 0.113. The first kappa shape index (κ1) is 16.5. The van der Waals surface area contributed by atoms with Crippen LogP contribution in [0.4, 0.5) is 5.69 Å². The molecule has 0 saturated carbocycles. The number of thioether (sulfide) groups is 1. The molecular weight excluding hydrogens is 328 g/mol. The molecule has 0 fully saturated rings. The fourth-order valence-electron chi connectivity index (χ4n) is 1.66. The summed E-state index contributed by atoms with van der Waals surface area (Å²) >= 11 is 1.53. The van der Waals surface area contributed by atoms with Gasteiger partial charge in [-0.25, -0.2) is 13.1 Å². The topological polar surface area (TPSA) is 102 Å². The van der Waals surface area contributed by atoms with E-state index in [-0.39, 0.29) is 17.1 Å². The van der Waals surface area contributed by atoms with Crippen molar-refractivity contribution in [3.05, 3.63) is 58.5 Å². The van der Waals surface area contributed by atoms with Gasteiger partial charge in [-0.05, 0) is 18.2 Å². The Hall–Kier alpha value is -1.84. The van der Waals surface area contributed by atoms with Gasteiger partial charge in [0.05, 0.1) is 21.8 Å². The summed E-state index contributed by atoms with van der Waals surface area (Å²) in [6, 6.07) is 8.60. The van der Waals surface area contributed by atoms with Crippen molar-refractivity contribution in [2.24, 2.45) is 0 Å². The summed E-state index contributed by atoms with van der Waals surface area (Å²) in [6.45, 7) is 0.233. The molecule has 2 rings (SSSR count). The molecule has 0 spiro atoms. The molecule has 0 atom stereocenters. The molecule has 0 radical (unpaired) electrons. The first-order valence-electron chi connectivity index (χ1n) is 6.33. The number of hydrogen-bond donors (Lipinski definition) is 1. The van der Waals surface area contributed by atoms with Gasteiger partial charge in [0.1, 0.15) is 5.76 Å². The quantitative estimate of drug-likeness (QED) is 0.449. The zero-order chi connectivity index (χ0) is 16.0. The summed E-state index contributed by atoms with van der Waals surface area (Å²) in [5.41, 5.74) is -0.255. The van der Waals surface area contributed by atoms with Gasteiger partial charge in [-0.2, -0.15) is 11.8 Å². The number of nitrogens with zero attached hydrogens (tertiary/aromatic N) is 1. The number of non-ortho nitro benzene ring substituents is 1. The molecule has 0 aliphatic rings. The van der Waals surface area contributed by atoms with Crippen LogP contribution in [0.3, 0.4) is 0 Å². The number of nitrogens with one attached hydrogen (secondary N) is 1. The Kier molecular flexibility index (Phi) is 5.58. The molecule has 1 N–H and O–H groups in total. The Morgan fingerprint density at radius 2 is 2.09 bits per heavy atom. The van der Waals surface area contributed by atoms with E-state index in [1.165, 1.54) is 30.0 Å². The first-order valence-corrected chi connectivity index (χ1v) is 8.97. The summed E-state index contributed by atoms with van der Waals surface area (Å²) in [5, 5.41) is 10.7. The molecular formula is C13H14N2O5S2. The second-order valence-corrected chi connectivity index (χ2v) is 7.16. The van der Waals surface area contributed by atoms with Gasteiger partial charge in [0.15, 0.2) is 0 Å². The third-order valence-corrected chi connectivity index (χ3v) is 5.14. The lowest BCUT2D eigenvalue weighted by atomic mass is 10.3. The van der Waals surface area contributed by atoms with E-state index in [0.717, 1.165) is 11.8 Å². The van der Waals surface area contributed by atoms with Crippen molar-refractivity contribution in [2.45, 2.75) is 10.6 Å². The van der Waals surface area contributed by atoms with Crippen LogP contribution in [0, 0.1) is 10.1 Å². The third-order valence-electron chi connectivity index (χ3n) is 2.70. The summed E-state index contributed by atoms with van der Waals surface area (Å²) in [7, 11) is -3.74. The normalized spacial score (nSPS) is 11.5. The van der Waals surface area contributed by atoms with Crippen LogP contribution in [0.5, 0.6) is 0 Å². The SMILES string of the molecule is O=[N+]([O-])c1cccc(S(=O)(=O)NCCSCc2ccco2)c1. The van der Waals surface area contributed by atoms with Gasteiger partial charge in [0.2, 0.25) is 10.0 Å². The molecule has 0 unspecified atom stereocenters. The number of rotatable bonds is 8. The summed E-state index contributed by atoms with van der Waals surface area (Å²) < 4.78 is 31.7. The zero-order valence-corrected chi connectivity index (χ0v) is 13.1. The predicted octanol–water partition coefficient (Wildman–Crippen LogP) is 2.40. The summed E-state index contributed by atoms with van der Waals surface area (Å²) in [4.78, 5) is 9.93. The Morgan fingerprint density at radius 1 is 1.27 bits per heavy atom. The monoisotopic (exact) mass is 342 g/mol. The highest BCUT2D eigenvalue weighted by Gasteiger charge is 2.16. The second kappa shape index (κ2) is 7.43. The van der Waals surface area contributed by atoms with E-state index in [9.17, 15) is 18.5 Å². The van der Waals surface area contributed by atoms with Crippen molar-refractivity contribution in [1.29, 1.82) is 0 Å². The van der Waals surface area contributed by atoms with E-state index in [0.29, 0.717) is 11.5 Å². The molecule has 9 heteroatoms. The molecule has 22 heavy (non-hydrogen) atoms. The maximum atomic E-state index is 12.0. The van der Waals surface area contributed by atoms with Gasteiger partial charge in [-0.3, -0.25) is 10.1 Å². The van der Waals surface area contributed by atoms with Crippen LogP contribution in [-0.2, 0) is 15.8 Å². The van der Waals surface area contributed by atoms with Crippen molar-refractivity contribution in [1.82, 2.24) is 4.72 Å². The van der Waals surface area contributed by atoms with Gasteiger partial charge >= 0.3 is 0 Å². The number of sulfonamides is 1. The highest BCUT2D eigenvalue weighted by molar-refractivity contribution is 7.98. The first-order chi connectivity index (χ1) is 10.5. The van der Waals surface area contributed by atoms with Gasteiger partial charge in [-0.15, -0.1) is 0 Å². The summed E-state index contributed by atoms with van der Waals surface area (Å²) in [6.07, 6.45) is 1.58. The molecule has 0 saturated heterocycles. The lowest BCUT2D eigenvalue weighted by molar-refractivity contribution is -0.385. The third kappa shape index (κ3) is 4.58. The minimum Gasteiger partial charge on any atom is -0.468 e. The molecule has 1 heterocycles. The summed E-state index contributed by atoms with van der Waals surface area (Å²) in [5.74, 6) is 2.05. The van der Waals surface area contributed by atoms with E-state index in [4.69, 9.17) is 4.42 Å². The standard InChI is InChI=1S/C13H14N2O5S2/c16-15(17)11-3-1-5-13(9-11)22(18,19)14-6-8-21-10-12-4-2-7-20-12/h1-5,7,9,14H,6,8,10H2. The fraction of sp³-hybridized carbons (Fsp3) is 0.231. The zero-order valence-electron chi connectivity index (χ0n) is 11.5. The lowest BCUT2D eigenvalue weighted by Crippen LogP contribution is -2.26. The van der Waals surface area contributed by atoms with Crippen molar-refractivity contribution in [2.75, 3.05) is 12.3 Å². The molecule has 118 valence electrons. The second-order valence-electron chi connectivity index (χ2n) is 4.28. The Balaban J connectivity index is 1.85. The van der Waals surface area contributed by atoms with E-state index < -0.39 is 14.9 Å². The number of nitro groups is 1. The van der Waals surface area contributed by atoms with Crippen LogP contribution in [0.15, 0.2) is 52.0 Å². The van der Waals surface area contributed by atoms with Crippen molar-refractivity contribution in [3.63, 3.8) is 0 Å². The van der Waals surface area contributed by atoms with Crippen LogP contribution in [-0.4, -0.2) is 25.6 Å². The van der Waals surface area contributed by atoms with Gasteiger partial charge in [0.25, 0.3) is 5.69 Å². The largest absolute Gasteiger partial charge is 0.468 e. The fourth-order valence-corrected chi connectivity index (χ4v) is 3.62. The number of benzene rings is 1. The van der Waals surface area contributed by atoms with Crippen LogP contribution in [0.2, 0.25) is 0 Å². The van der Waals surface area contributed by atoms with E-state index in [1.54, 1.807) is 12.3 Å². The van der Waals surface area contributed by atoms with Crippen LogP contribution < -0.4 is 4.72 Å². The average molecular weight is 342 g/mol. The smallest absolute Gasteiger partial charge is 0.270 e. The van der Waals surface area contributed by atoms with E-state index in [1.807, 2.05) is 6.07 Å². The minimum atomic E-state index is -3.74.